The molecule has 4 nitrogen and oxygen atoms in total. The van der Waals surface area contributed by atoms with E-state index >= 15 is 0 Å². The van der Waals surface area contributed by atoms with Crippen LogP contribution in [0.2, 0.25) is 5.02 Å². The van der Waals surface area contributed by atoms with Crippen molar-refractivity contribution in [1.82, 2.24) is 4.90 Å². The van der Waals surface area contributed by atoms with Crippen LogP contribution in [0.3, 0.4) is 0 Å². The number of carbonyl (C=O) groups excluding carboxylic acids is 1. The Kier molecular flexibility index (Phi) is 6.63. The van der Waals surface area contributed by atoms with E-state index in [0.717, 1.165) is 42.3 Å². The van der Waals surface area contributed by atoms with E-state index in [1.807, 2.05) is 18.2 Å². The summed E-state index contributed by atoms with van der Waals surface area (Å²) in [6, 6.07) is 14.1. The number of benzene rings is 2. The Balaban J connectivity index is 2.04. The van der Waals surface area contributed by atoms with E-state index in [1.54, 1.807) is 7.11 Å². The van der Waals surface area contributed by atoms with E-state index in [9.17, 15) is 4.79 Å². The first kappa shape index (κ1) is 20.7. The zero-order valence-electron chi connectivity index (χ0n) is 17.1. The first-order valence-electron chi connectivity index (χ1n) is 9.73. The number of nitrogens with zero attached hydrogens (tertiary/aromatic N) is 2. The molecule has 0 saturated carbocycles. The van der Waals surface area contributed by atoms with Crippen molar-refractivity contribution >= 4 is 23.6 Å². The van der Waals surface area contributed by atoms with Crippen molar-refractivity contribution in [3.05, 3.63) is 58.6 Å². The molecule has 3 unspecified atom stereocenters. The molecule has 3 atom stereocenters. The largest absolute Gasteiger partial charge is 0.497 e. The SMILES string of the molecule is COc1ccc(C2Cc3cc(Cl)ccc3N(CCN(C)C)C(C=O)C2C)cc1. The van der Waals surface area contributed by atoms with Crippen LogP contribution in [-0.4, -0.2) is 51.5 Å². The average molecular weight is 401 g/mol. The number of methoxy groups -OCH3 is 1. The molecule has 0 aliphatic carbocycles. The van der Waals surface area contributed by atoms with E-state index in [2.05, 4.69) is 55.1 Å². The molecule has 2 aromatic carbocycles. The second-order valence-corrected chi connectivity index (χ2v) is 8.28. The topological polar surface area (TPSA) is 32.8 Å². The van der Waals surface area contributed by atoms with Gasteiger partial charge in [0.15, 0.2) is 0 Å². The number of ether oxygens (including phenoxy) is 1. The Bertz CT molecular complexity index is 807. The molecule has 150 valence electrons. The molecule has 0 aromatic heterocycles. The maximum atomic E-state index is 12.2. The monoisotopic (exact) mass is 400 g/mol. The van der Waals surface area contributed by atoms with Crippen LogP contribution in [0, 0.1) is 5.92 Å². The van der Waals surface area contributed by atoms with E-state index in [4.69, 9.17) is 16.3 Å². The molecule has 0 saturated heterocycles. The Morgan fingerprint density at radius 1 is 1.21 bits per heavy atom. The highest BCUT2D eigenvalue weighted by atomic mass is 35.5. The Morgan fingerprint density at radius 3 is 2.54 bits per heavy atom. The molecule has 1 heterocycles. The molecule has 28 heavy (non-hydrogen) atoms. The van der Waals surface area contributed by atoms with Gasteiger partial charge >= 0.3 is 0 Å². The average Bonchev–Trinajstić information content (AvgIpc) is 2.80. The number of hydrogen-bond donors (Lipinski definition) is 0. The smallest absolute Gasteiger partial charge is 0.142 e. The summed E-state index contributed by atoms with van der Waals surface area (Å²) in [7, 11) is 5.78. The summed E-state index contributed by atoms with van der Waals surface area (Å²) < 4.78 is 5.31. The summed E-state index contributed by atoms with van der Waals surface area (Å²) in [5.41, 5.74) is 3.54. The lowest BCUT2D eigenvalue weighted by atomic mass is 9.80. The van der Waals surface area contributed by atoms with Gasteiger partial charge in [-0.3, -0.25) is 0 Å². The van der Waals surface area contributed by atoms with Crippen LogP contribution >= 0.6 is 11.6 Å². The standard InChI is InChI=1S/C23H29ClN2O2/c1-16-21(17-5-8-20(28-4)9-6-17)14-18-13-19(24)7-10-22(18)26(23(16)15-27)12-11-25(2)3/h5-10,13,15-16,21,23H,11-12,14H2,1-4H3. The lowest BCUT2D eigenvalue weighted by Crippen LogP contribution is -2.45. The van der Waals surface area contributed by atoms with Gasteiger partial charge in [0.1, 0.15) is 12.0 Å². The Labute approximate surface area is 173 Å². The lowest BCUT2D eigenvalue weighted by molar-refractivity contribution is -0.110. The second kappa shape index (κ2) is 8.97. The number of aldehydes is 1. The number of anilines is 1. The number of likely N-dealkylation sites (N-methyl/N-ethyl adjacent to an activating group) is 1. The van der Waals surface area contributed by atoms with E-state index in [0.29, 0.717) is 0 Å². The van der Waals surface area contributed by atoms with Crippen molar-refractivity contribution < 1.29 is 9.53 Å². The third-order valence-corrected chi connectivity index (χ3v) is 6.03. The molecule has 5 heteroatoms. The molecule has 0 amide bonds. The molecular formula is C23H29ClN2O2. The van der Waals surface area contributed by atoms with Crippen molar-refractivity contribution in [2.45, 2.75) is 25.3 Å². The van der Waals surface area contributed by atoms with Crippen molar-refractivity contribution in [2.24, 2.45) is 5.92 Å². The van der Waals surface area contributed by atoms with Crippen LogP contribution in [0.1, 0.15) is 24.0 Å². The minimum absolute atomic E-state index is 0.166. The highest BCUT2D eigenvalue weighted by molar-refractivity contribution is 6.30. The third kappa shape index (κ3) is 4.34. The fourth-order valence-corrected chi connectivity index (χ4v) is 4.34. The van der Waals surface area contributed by atoms with Gasteiger partial charge in [-0.2, -0.15) is 0 Å². The van der Waals surface area contributed by atoms with Crippen LogP contribution in [0.15, 0.2) is 42.5 Å². The van der Waals surface area contributed by atoms with Crippen molar-refractivity contribution in [1.29, 1.82) is 0 Å². The molecule has 0 bridgehead atoms. The molecule has 2 aromatic rings. The predicted octanol–water partition coefficient (Wildman–Crippen LogP) is 4.26. The molecule has 3 rings (SSSR count). The predicted molar refractivity (Wildman–Crippen MR) is 116 cm³/mol. The zero-order valence-corrected chi connectivity index (χ0v) is 17.8. The van der Waals surface area contributed by atoms with Crippen molar-refractivity contribution in [3.8, 4) is 5.75 Å². The summed E-state index contributed by atoms with van der Waals surface area (Å²) in [5, 5.41) is 0.733. The summed E-state index contributed by atoms with van der Waals surface area (Å²) in [4.78, 5) is 16.6. The number of carbonyl (C=O) groups is 1. The maximum Gasteiger partial charge on any atom is 0.142 e. The summed E-state index contributed by atoms with van der Waals surface area (Å²) in [6.45, 7) is 3.86. The van der Waals surface area contributed by atoms with E-state index in [1.165, 1.54) is 11.1 Å². The van der Waals surface area contributed by atoms with E-state index in [-0.39, 0.29) is 17.9 Å². The summed E-state index contributed by atoms with van der Waals surface area (Å²) in [5.74, 6) is 1.23. The number of hydrogen-bond acceptors (Lipinski definition) is 4. The van der Waals surface area contributed by atoms with Gasteiger partial charge in [0, 0.05) is 23.8 Å². The van der Waals surface area contributed by atoms with Gasteiger partial charge in [-0.25, -0.2) is 0 Å². The highest BCUT2D eigenvalue weighted by Crippen LogP contribution is 2.41. The van der Waals surface area contributed by atoms with Gasteiger partial charge in [-0.05, 0) is 73.8 Å². The lowest BCUT2D eigenvalue weighted by Gasteiger charge is -2.35. The zero-order chi connectivity index (χ0) is 20.3. The van der Waals surface area contributed by atoms with Crippen LogP contribution < -0.4 is 9.64 Å². The molecular weight excluding hydrogens is 372 g/mol. The van der Waals surface area contributed by atoms with Gasteiger partial charge in [0.2, 0.25) is 0 Å². The highest BCUT2D eigenvalue weighted by Gasteiger charge is 2.36. The van der Waals surface area contributed by atoms with Crippen molar-refractivity contribution in [2.75, 3.05) is 39.2 Å². The van der Waals surface area contributed by atoms with Crippen molar-refractivity contribution in [3.63, 3.8) is 0 Å². The minimum atomic E-state index is -0.186. The van der Waals surface area contributed by atoms with Gasteiger partial charge in [0.05, 0.1) is 13.2 Å². The normalized spacial score (nSPS) is 21.9. The van der Waals surface area contributed by atoms with Crippen LogP contribution in [-0.2, 0) is 11.2 Å². The minimum Gasteiger partial charge on any atom is -0.497 e. The molecule has 1 aliphatic rings. The Morgan fingerprint density at radius 2 is 1.93 bits per heavy atom. The fourth-order valence-electron chi connectivity index (χ4n) is 4.15. The van der Waals surface area contributed by atoms with Gasteiger partial charge < -0.3 is 19.3 Å². The van der Waals surface area contributed by atoms with Gasteiger partial charge in [-0.1, -0.05) is 30.7 Å². The quantitative estimate of drug-likeness (QED) is 0.678. The molecule has 0 N–H and O–H groups in total. The maximum absolute atomic E-state index is 12.2. The second-order valence-electron chi connectivity index (χ2n) is 7.84. The summed E-state index contributed by atoms with van der Waals surface area (Å²) in [6.07, 6.45) is 1.97. The van der Waals surface area contributed by atoms with E-state index < -0.39 is 0 Å². The molecule has 1 aliphatic heterocycles. The first-order chi connectivity index (χ1) is 13.4. The number of fused-ring (bicyclic) bond motifs is 1. The number of halogens is 1. The Hall–Kier alpha value is -2.04. The van der Waals surface area contributed by atoms with Crippen LogP contribution in [0.5, 0.6) is 5.75 Å². The first-order valence-corrected chi connectivity index (χ1v) is 10.1. The third-order valence-electron chi connectivity index (χ3n) is 5.80. The summed E-state index contributed by atoms with van der Waals surface area (Å²) >= 11 is 6.33. The molecule has 0 spiro atoms. The van der Waals surface area contributed by atoms with Gasteiger partial charge in [-0.15, -0.1) is 0 Å². The van der Waals surface area contributed by atoms with Crippen LogP contribution in [0.4, 0.5) is 5.69 Å². The molecule has 0 fully saturated rings. The molecule has 0 radical (unpaired) electrons. The number of rotatable bonds is 6. The van der Waals surface area contributed by atoms with Crippen LogP contribution in [0.25, 0.3) is 0 Å². The fraction of sp³-hybridized carbons (Fsp3) is 0.435. The van der Waals surface area contributed by atoms with Gasteiger partial charge in [0.25, 0.3) is 0 Å².